The van der Waals surface area contributed by atoms with Crippen molar-refractivity contribution in [2.75, 3.05) is 55.5 Å². The Hall–Kier alpha value is -3.22. The molecule has 2 saturated heterocycles. The first kappa shape index (κ1) is 23.5. The second kappa shape index (κ2) is 10.6. The Labute approximate surface area is 207 Å². The number of nitrogens with one attached hydrogen (secondary N) is 1. The maximum Gasteiger partial charge on any atom is 0.245 e. The van der Waals surface area contributed by atoms with Crippen molar-refractivity contribution in [3.8, 4) is 0 Å². The molecule has 0 amide bonds. The van der Waals surface area contributed by atoms with E-state index >= 15 is 0 Å². The molecule has 2 aromatic heterocycles. The number of carbonyl (C=O) groups is 1. The van der Waals surface area contributed by atoms with Crippen LogP contribution < -0.4 is 15.1 Å². The molecule has 12 heteroatoms. The molecule has 0 spiro atoms. The van der Waals surface area contributed by atoms with Gasteiger partial charge in [-0.05, 0) is 24.1 Å². The molecule has 1 N–H and O–H groups in total. The summed E-state index contributed by atoms with van der Waals surface area (Å²) in [6, 6.07) is 8.14. The Kier molecular flexibility index (Phi) is 7.11. The highest BCUT2D eigenvalue weighted by Crippen LogP contribution is 2.29. The van der Waals surface area contributed by atoms with E-state index in [1.807, 2.05) is 24.3 Å². The van der Waals surface area contributed by atoms with Crippen molar-refractivity contribution in [2.24, 2.45) is 0 Å². The van der Waals surface area contributed by atoms with Crippen LogP contribution in [-0.2, 0) is 20.7 Å². The number of anilines is 3. The summed E-state index contributed by atoms with van der Waals surface area (Å²) in [7, 11) is 3.29. The van der Waals surface area contributed by atoms with Gasteiger partial charge in [-0.15, -0.1) is 15.3 Å². The number of Topliss-reactive ketones (excluding diaryl/α,β-unsaturated/α-hetero) is 1. The zero-order valence-electron chi connectivity index (χ0n) is 19.7. The highest BCUT2D eigenvalue weighted by atomic mass is 32.1. The molecule has 11 nitrogen and oxygen atoms in total. The predicted octanol–water partition coefficient (Wildman–Crippen LogP) is 1.75. The second-order valence-electron chi connectivity index (χ2n) is 8.64. The molecule has 0 saturated carbocycles. The molecule has 35 heavy (non-hydrogen) atoms. The van der Waals surface area contributed by atoms with Gasteiger partial charge in [0, 0.05) is 52.1 Å². The first-order chi connectivity index (χ1) is 17.1. The van der Waals surface area contributed by atoms with Crippen molar-refractivity contribution >= 4 is 33.9 Å². The van der Waals surface area contributed by atoms with Crippen LogP contribution in [0.3, 0.4) is 0 Å². The van der Waals surface area contributed by atoms with Gasteiger partial charge in [0.15, 0.2) is 5.78 Å². The van der Waals surface area contributed by atoms with Crippen molar-refractivity contribution in [3.63, 3.8) is 0 Å². The van der Waals surface area contributed by atoms with Crippen LogP contribution in [0, 0.1) is 0 Å². The van der Waals surface area contributed by atoms with Crippen molar-refractivity contribution in [1.29, 1.82) is 0 Å². The number of ether oxygens (including phenoxy) is 2. The Morgan fingerprint density at radius 3 is 2.83 bits per heavy atom. The zero-order chi connectivity index (χ0) is 24.2. The fourth-order valence-corrected chi connectivity index (χ4v) is 5.21. The Bertz CT molecular complexity index is 1140. The summed E-state index contributed by atoms with van der Waals surface area (Å²) in [5.41, 5.74) is 1.90. The van der Waals surface area contributed by atoms with E-state index in [4.69, 9.17) is 9.47 Å². The van der Waals surface area contributed by atoms with E-state index in [9.17, 15) is 4.79 Å². The van der Waals surface area contributed by atoms with Gasteiger partial charge in [0.2, 0.25) is 11.1 Å². The van der Waals surface area contributed by atoms with Crippen molar-refractivity contribution < 1.29 is 14.3 Å². The molecule has 0 aliphatic carbocycles. The maximum atomic E-state index is 13.1. The second-order valence-corrected chi connectivity index (χ2v) is 9.70. The van der Waals surface area contributed by atoms with Crippen LogP contribution >= 0.6 is 11.3 Å². The molecule has 0 unspecified atom stereocenters. The summed E-state index contributed by atoms with van der Waals surface area (Å²) in [4.78, 5) is 21.7. The first-order valence-corrected chi connectivity index (χ1v) is 12.4. The van der Waals surface area contributed by atoms with Gasteiger partial charge < -0.3 is 24.6 Å². The van der Waals surface area contributed by atoms with Gasteiger partial charge in [0.1, 0.15) is 11.1 Å². The van der Waals surface area contributed by atoms with E-state index in [0.717, 1.165) is 43.9 Å². The number of hydrogen-bond donors (Lipinski definition) is 1. The summed E-state index contributed by atoms with van der Waals surface area (Å²) in [6.45, 7) is 3.29. The number of benzene rings is 1. The molecule has 4 heterocycles. The van der Waals surface area contributed by atoms with E-state index in [1.54, 1.807) is 26.6 Å². The van der Waals surface area contributed by atoms with E-state index in [0.29, 0.717) is 16.1 Å². The quantitative estimate of drug-likeness (QED) is 0.442. The summed E-state index contributed by atoms with van der Waals surface area (Å²) in [5.74, 6) is 0.578. The van der Waals surface area contributed by atoms with E-state index in [1.165, 1.54) is 11.3 Å². The van der Waals surface area contributed by atoms with E-state index in [2.05, 4.69) is 40.5 Å². The molecule has 0 bridgehead atoms. The predicted molar refractivity (Wildman–Crippen MR) is 132 cm³/mol. The van der Waals surface area contributed by atoms with Gasteiger partial charge in [-0.2, -0.15) is 5.10 Å². The molecule has 2 aliphatic rings. The number of rotatable bonds is 10. The number of ketones is 1. The third-order valence-corrected chi connectivity index (χ3v) is 7.16. The van der Waals surface area contributed by atoms with Crippen LogP contribution in [0.5, 0.6) is 0 Å². The van der Waals surface area contributed by atoms with Crippen molar-refractivity contribution in [3.05, 3.63) is 47.2 Å². The zero-order valence-corrected chi connectivity index (χ0v) is 20.5. The lowest BCUT2D eigenvalue weighted by Crippen LogP contribution is -2.51. The SMILES string of the molecule is COC1CN(c2cccc([C@@H](OC)C(=O)Cc3nnc(N[C@@H]4CCN(c5nccnn5)C4)s3)c2)C1. The molecule has 2 fully saturated rings. The van der Waals surface area contributed by atoms with Crippen molar-refractivity contribution in [2.45, 2.75) is 31.1 Å². The van der Waals surface area contributed by atoms with Gasteiger partial charge in [-0.1, -0.05) is 23.5 Å². The van der Waals surface area contributed by atoms with Crippen LogP contribution in [-0.4, -0.2) is 83.7 Å². The van der Waals surface area contributed by atoms with Crippen LogP contribution in [0.2, 0.25) is 0 Å². The fraction of sp³-hybridized carbons (Fsp3) is 0.478. The van der Waals surface area contributed by atoms with Gasteiger partial charge in [-0.25, -0.2) is 4.98 Å². The molecule has 0 radical (unpaired) electrons. The van der Waals surface area contributed by atoms with Crippen LogP contribution in [0.4, 0.5) is 16.8 Å². The number of nitrogens with zero attached hydrogens (tertiary/aromatic N) is 7. The largest absolute Gasteiger partial charge is 0.378 e. The lowest BCUT2D eigenvalue weighted by atomic mass is 10.0. The summed E-state index contributed by atoms with van der Waals surface area (Å²) in [6.07, 6.45) is 3.90. The maximum absolute atomic E-state index is 13.1. The minimum absolute atomic E-state index is 0.0495. The normalized spacial score (nSPS) is 19.0. The molecular formula is C23H28N8O3S. The highest BCUT2D eigenvalue weighted by molar-refractivity contribution is 7.15. The van der Waals surface area contributed by atoms with Gasteiger partial charge >= 0.3 is 0 Å². The fourth-order valence-electron chi connectivity index (χ4n) is 4.38. The average Bonchev–Trinajstić information content (AvgIpc) is 3.50. The summed E-state index contributed by atoms with van der Waals surface area (Å²) in [5, 5.41) is 21.2. The molecule has 3 aromatic rings. The van der Waals surface area contributed by atoms with Gasteiger partial charge in [0.05, 0.1) is 24.9 Å². The Morgan fingerprint density at radius 2 is 2.06 bits per heavy atom. The van der Waals surface area contributed by atoms with E-state index in [-0.39, 0.29) is 24.3 Å². The Morgan fingerprint density at radius 1 is 1.17 bits per heavy atom. The lowest BCUT2D eigenvalue weighted by molar-refractivity contribution is -0.128. The van der Waals surface area contributed by atoms with Gasteiger partial charge in [0.25, 0.3) is 0 Å². The molecule has 5 rings (SSSR count). The minimum Gasteiger partial charge on any atom is -0.378 e. The molecule has 2 aliphatic heterocycles. The number of hydrogen-bond acceptors (Lipinski definition) is 12. The highest BCUT2D eigenvalue weighted by Gasteiger charge is 2.29. The monoisotopic (exact) mass is 496 g/mol. The summed E-state index contributed by atoms with van der Waals surface area (Å²) >= 11 is 1.40. The van der Waals surface area contributed by atoms with E-state index < -0.39 is 6.10 Å². The van der Waals surface area contributed by atoms with Crippen LogP contribution in [0.25, 0.3) is 0 Å². The molecule has 2 atom stereocenters. The number of carbonyl (C=O) groups excluding carboxylic acids is 1. The molecular weight excluding hydrogens is 468 g/mol. The lowest BCUT2D eigenvalue weighted by Gasteiger charge is -2.40. The molecule has 184 valence electrons. The van der Waals surface area contributed by atoms with Crippen molar-refractivity contribution in [1.82, 2.24) is 25.4 Å². The first-order valence-electron chi connectivity index (χ1n) is 11.5. The third-order valence-electron chi connectivity index (χ3n) is 6.31. The average molecular weight is 497 g/mol. The van der Waals surface area contributed by atoms with Crippen LogP contribution in [0.1, 0.15) is 23.1 Å². The standard InChI is InChI=1S/C23H28N8O3S/c1-33-18-13-31(14-18)17-5-3-4-15(10-17)21(34-2)19(32)11-20-27-29-23(35-20)26-16-6-9-30(12-16)22-24-7-8-25-28-22/h3-5,7-8,10,16,18,21H,6,9,11-14H2,1-2H3,(H,26,29)/t16-,21-/m1/s1. The Balaban J connectivity index is 1.17. The van der Waals surface area contributed by atoms with Crippen LogP contribution in [0.15, 0.2) is 36.7 Å². The topological polar surface area (TPSA) is 118 Å². The van der Waals surface area contributed by atoms with Gasteiger partial charge in [-0.3, -0.25) is 4.79 Å². The third kappa shape index (κ3) is 5.39. The minimum atomic E-state index is -0.655. The molecule has 1 aromatic carbocycles. The number of aromatic nitrogens is 5. The summed E-state index contributed by atoms with van der Waals surface area (Å²) < 4.78 is 11.0. The smallest absolute Gasteiger partial charge is 0.245 e. The number of methoxy groups -OCH3 is 2.